The average molecular weight is 375 g/mol. The van der Waals surface area contributed by atoms with Crippen LogP contribution in [-0.4, -0.2) is 18.0 Å². The number of carbonyl (C=O) groups excluding carboxylic acids is 2. The largest absolute Gasteiger partial charge is 0.456 e. The molecule has 0 unspecified atom stereocenters. The van der Waals surface area contributed by atoms with E-state index in [0.717, 1.165) is 5.56 Å². The molecule has 0 spiro atoms. The summed E-state index contributed by atoms with van der Waals surface area (Å²) in [5.41, 5.74) is 1.93. The second-order valence-electron chi connectivity index (χ2n) is 6.32. The number of hydrogen-bond donors (Lipinski definition) is 1. The highest BCUT2D eigenvalue weighted by Gasteiger charge is 2.21. The molecule has 5 heteroatoms. The first-order valence-corrected chi connectivity index (χ1v) is 8.93. The molecule has 3 rings (SSSR count). The van der Waals surface area contributed by atoms with Gasteiger partial charge in [-0.25, -0.2) is 4.79 Å². The first-order chi connectivity index (χ1) is 13.5. The van der Waals surface area contributed by atoms with Gasteiger partial charge in [0.1, 0.15) is 17.1 Å². The zero-order valence-electron chi connectivity index (χ0n) is 15.7. The van der Waals surface area contributed by atoms with Gasteiger partial charge >= 0.3 is 5.97 Å². The predicted molar refractivity (Wildman–Crippen MR) is 108 cm³/mol. The summed E-state index contributed by atoms with van der Waals surface area (Å²) < 4.78 is 11.1. The van der Waals surface area contributed by atoms with Crippen LogP contribution in [0.15, 0.2) is 78.9 Å². The molecule has 142 valence electrons. The molecule has 0 saturated heterocycles. The fourth-order valence-corrected chi connectivity index (χ4v) is 2.58. The molecular weight excluding hydrogens is 354 g/mol. The molecule has 1 atom stereocenters. The Balaban J connectivity index is 1.68. The summed E-state index contributed by atoms with van der Waals surface area (Å²) >= 11 is 0. The number of rotatable bonds is 6. The SMILES string of the molecule is Cc1cccc(NC(=O)[C@@H](C)OC(=O)c2ccccc2Oc2ccccc2)c1. The molecule has 0 saturated carbocycles. The van der Waals surface area contributed by atoms with Crippen molar-refractivity contribution in [2.24, 2.45) is 0 Å². The van der Waals surface area contributed by atoms with E-state index in [-0.39, 0.29) is 5.56 Å². The summed E-state index contributed by atoms with van der Waals surface area (Å²) in [6.45, 7) is 3.46. The Labute approximate surface area is 163 Å². The molecule has 28 heavy (non-hydrogen) atoms. The lowest BCUT2D eigenvalue weighted by atomic mass is 10.2. The van der Waals surface area contributed by atoms with Crippen molar-refractivity contribution in [3.8, 4) is 11.5 Å². The summed E-state index contributed by atoms with van der Waals surface area (Å²) in [5.74, 6) is -0.0585. The molecule has 0 bridgehead atoms. The van der Waals surface area contributed by atoms with Crippen molar-refractivity contribution < 1.29 is 19.1 Å². The van der Waals surface area contributed by atoms with Crippen LogP contribution in [0.3, 0.4) is 0 Å². The number of benzene rings is 3. The number of anilines is 1. The number of carbonyl (C=O) groups is 2. The number of nitrogens with one attached hydrogen (secondary N) is 1. The molecule has 1 amide bonds. The van der Waals surface area contributed by atoms with E-state index in [1.54, 1.807) is 42.5 Å². The minimum absolute atomic E-state index is 0.251. The number of ether oxygens (including phenoxy) is 2. The van der Waals surface area contributed by atoms with Crippen LogP contribution in [0.2, 0.25) is 0 Å². The summed E-state index contributed by atoms with van der Waals surface area (Å²) in [5, 5.41) is 2.75. The summed E-state index contributed by atoms with van der Waals surface area (Å²) in [4.78, 5) is 24.9. The zero-order valence-corrected chi connectivity index (χ0v) is 15.7. The average Bonchev–Trinajstić information content (AvgIpc) is 2.69. The molecule has 5 nitrogen and oxygen atoms in total. The molecule has 0 radical (unpaired) electrons. The Morgan fingerprint density at radius 3 is 2.36 bits per heavy atom. The van der Waals surface area contributed by atoms with Crippen LogP contribution in [0.1, 0.15) is 22.8 Å². The minimum Gasteiger partial charge on any atom is -0.456 e. The van der Waals surface area contributed by atoms with Crippen LogP contribution in [-0.2, 0) is 9.53 Å². The third kappa shape index (κ3) is 4.98. The topological polar surface area (TPSA) is 64.6 Å². The fourth-order valence-electron chi connectivity index (χ4n) is 2.58. The third-order valence-electron chi connectivity index (χ3n) is 4.02. The van der Waals surface area contributed by atoms with Crippen molar-refractivity contribution in [1.29, 1.82) is 0 Å². The summed E-state index contributed by atoms with van der Waals surface area (Å²) in [7, 11) is 0. The van der Waals surface area contributed by atoms with Gasteiger partial charge in [0.2, 0.25) is 0 Å². The number of para-hydroxylation sites is 2. The van der Waals surface area contributed by atoms with Gasteiger partial charge in [-0.15, -0.1) is 0 Å². The maximum atomic E-state index is 12.6. The Kier molecular flexibility index (Phi) is 6.07. The van der Waals surface area contributed by atoms with Gasteiger partial charge in [-0.2, -0.15) is 0 Å². The van der Waals surface area contributed by atoms with Crippen LogP contribution in [0, 0.1) is 6.92 Å². The normalized spacial score (nSPS) is 11.4. The van der Waals surface area contributed by atoms with E-state index in [1.165, 1.54) is 6.92 Å². The maximum absolute atomic E-state index is 12.6. The van der Waals surface area contributed by atoms with Crippen molar-refractivity contribution in [2.75, 3.05) is 5.32 Å². The highest BCUT2D eigenvalue weighted by molar-refractivity contribution is 5.98. The molecular formula is C23H21NO4. The molecule has 0 aromatic heterocycles. The molecule has 3 aromatic carbocycles. The lowest BCUT2D eigenvalue weighted by Gasteiger charge is -2.15. The van der Waals surface area contributed by atoms with Gasteiger partial charge in [0, 0.05) is 5.69 Å². The van der Waals surface area contributed by atoms with E-state index in [4.69, 9.17) is 9.47 Å². The first-order valence-electron chi connectivity index (χ1n) is 8.93. The second kappa shape index (κ2) is 8.86. The molecule has 0 aliphatic heterocycles. The molecule has 0 aliphatic rings. The highest BCUT2D eigenvalue weighted by Crippen LogP contribution is 2.26. The number of aryl methyl sites for hydroxylation is 1. The quantitative estimate of drug-likeness (QED) is 0.618. The van der Waals surface area contributed by atoms with Crippen LogP contribution >= 0.6 is 0 Å². The maximum Gasteiger partial charge on any atom is 0.342 e. The van der Waals surface area contributed by atoms with Crippen molar-refractivity contribution in [3.63, 3.8) is 0 Å². The van der Waals surface area contributed by atoms with Crippen molar-refractivity contribution in [3.05, 3.63) is 90.0 Å². The third-order valence-corrected chi connectivity index (χ3v) is 4.02. The number of amides is 1. The van der Waals surface area contributed by atoms with E-state index in [1.807, 2.05) is 43.3 Å². The lowest BCUT2D eigenvalue weighted by molar-refractivity contribution is -0.123. The van der Waals surface area contributed by atoms with Crippen LogP contribution in [0.5, 0.6) is 11.5 Å². The predicted octanol–water partition coefficient (Wildman–Crippen LogP) is 4.97. The summed E-state index contributed by atoms with van der Waals surface area (Å²) in [6, 6.07) is 23.3. The number of esters is 1. The molecule has 3 aromatic rings. The van der Waals surface area contributed by atoms with Crippen molar-refractivity contribution in [2.45, 2.75) is 20.0 Å². The number of hydrogen-bond acceptors (Lipinski definition) is 4. The Morgan fingerprint density at radius 2 is 1.61 bits per heavy atom. The standard InChI is InChI=1S/C23H21NO4/c1-16-9-8-10-18(15-16)24-22(25)17(2)27-23(26)20-13-6-7-14-21(20)28-19-11-4-3-5-12-19/h3-15,17H,1-2H3,(H,24,25)/t17-/m1/s1. The smallest absolute Gasteiger partial charge is 0.342 e. The molecule has 1 N–H and O–H groups in total. The van der Waals surface area contributed by atoms with Gasteiger partial charge in [0.15, 0.2) is 6.10 Å². The Morgan fingerprint density at radius 1 is 0.893 bits per heavy atom. The van der Waals surface area contributed by atoms with Gasteiger partial charge in [-0.05, 0) is 55.8 Å². The lowest BCUT2D eigenvalue weighted by Crippen LogP contribution is -2.30. The summed E-state index contributed by atoms with van der Waals surface area (Å²) in [6.07, 6.45) is -0.960. The van der Waals surface area contributed by atoms with Crippen LogP contribution in [0.25, 0.3) is 0 Å². The Bertz CT molecular complexity index is 969. The molecule has 0 aliphatic carbocycles. The monoisotopic (exact) mass is 375 g/mol. The highest BCUT2D eigenvalue weighted by atomic mass is 16.5. The molecule has 0 fully saturated rings. The minimum atomic E-state index is -0.960. The van der Waals surface area contributed by atoms with Gasteiger partial charge in [-0.3, -0.25) is 4.79 Å². The second-order valence-corrected chi connectivity index (χ2v) is 6.32. The fraction of sp³-hybridized carbons (Fsp3) is 0.130. The van der Waals surface area contributed by atoms with E-state index in [2.05, 4.69) is 5.32 Å². The van der Waals surface area contributed by atoms with E-state index in [9.17, 15) is 9.59 Å². The Hall–Kier alpha value is -3.60. The van der Waals surface area contributed by atoms with Crippen LogP contribution in [0.4, 0.5) is 5.69 Å². The van der Waals surface area contributed by atoms with Gasteiger partial charge < -0.3 is 14.8 Å². The zero-order chi connectivity index (χ0) is 19.9. The van der Waals surface area contributed by atoms with E-state index in [0.29, 0.717) is 17.2 Å². The molecule has 0 heterocycles. The van der Waals surface area contributed by atoms with Crippen molar-refractivity contribution in [1.82, 2.24) is 0 Å². The van der Waals surface area contributed by atoms with Crippen molar-refractivity contribution >= 4 is 17.6 Å². The van der Waals surface area contributed by atoms with Gasteiger partial charge in [-0.1, -0.05) is 42.5 Å². The van der Waals surface area contributed by atoms with Gasteiger partial charge in [0.25, 0.3) is 5.91 Å². The van der Waals surface area contributed by atoms with Gasteiger partial charge in [0.05, 0.1) is 0 Å². The van der Waals surface area contributed by atoms with Crippen LogP contribution < -0.4 is 10.1 Å². The van der Waals surface area contributed by atoms with E-state index >= 15 is 0 Å². The van der Waals surface area contributed by atoms with E-state index < -0.39 is 18.0 Å². The first kappa shape index (κ1) is 19.2.